The highest BCUT2D eigenvalue weighted by atomic mass is 32.1. The van der Waals surface area contributed by atoms with E-state index >= 15 is 0 Å². The first-order chi connectivity index (χ1) is 16.1. The van der Waals surface area contributed by atoms with Crippen molar-refractivity contribution in [1.29, 1.82) is 0 Å². The number of rotatable bonds is 9. The van der Waals surface area contributed by atoms with Crippen molar-refractivity contribution >= 4 is 38.7 Å². The Morgan fingerprint density at radius 3 is 2.79 bits per heavy atom. The average Bonchev–Trinajstić information content (AvgIpc) is 3.49. The van der Waals surface area contributed by atoms with Crippen molar-refractivity contribution in [3.63, 3.8) is 0 Å². The van der Waals surface area contributed by atoms with Gasteiger partial charge in [0.25, 0.3) is 5.91 Å². The number of nitrogens with zero attached hydrogens (tertiary/aromatic N) is 4. The smallest absolute Gasteiger partial charge is 0.252 e. The Kier molecular flexibility index (Phi) is 6.99. The first kappa shape index (κ1) is 22.5. The quantitative estimate of drug-likeness (QED) is 0.332. The largest absolute Gasteiger partial charge is 0.493 e. The molecule has 0 unspecified atom stereocenters. The second-order valence-electron chi connectivity index (χ2n) is 7.20. The van der Waals surface area contributed by atoms with Gasteiger partial charge in [-0.2, -0.15) is 0 Å². The second-order valence-corrected chi connectivity index (χ2v) is 8.21. The van der Waals surface area contributed by atoms with E-state index in [2.05, 4.69) is 9.97 Å². The first-order valence-electron chi connectivity index (χ1n) is 10.3. The standard InChI is InChI=1S/C24H23FN4O3S/c1-31-20-8-4-17(14-21(20)32-2)5-9-23(30)29(12-3-11-28-13-10-26-16-28)24-27-19-7-6-18(25)15-22(19)33-24/h4-10,13-16H,3,11-12H2,1-2H3/b9-5+. The lowest BCUT2D eigenvalue weighted by Crippen LogP contribution is -2.30. The van der Waals surface area contributed by atoms with Crippen LogP contribution in [0, 0.1) is 5.82 Å². The van der Waals surface area contributed by atoms with Crippen molar-refractivity contribution < 1.29 is 18.7 Å². The van der Waals surface area contributed by atoms with E-state index in [1.165, 1.54) is 29.5 Å². The number of fused-ring (bicyclic) bond motifs is 1. The molecule has 2 aromatic heterocycles. The molecule has 4 rings (SSSR count). The van der Waals surface area contributed by atoms with Gasteiger partial charge in [-0.25, -0.2) is 14.4 Å². The van der Waals surface area contributed by atoms with Gasteiger partial charge < -0.3 is 14.0 Å². The third kappa shape index (κ3) is 5.38. The number of aromatic nitrogens is 3. The lowest BCUT2D eigenvalue weighted by atomic mass is 10.2. The molecule has 170 valence electrons. The minimum absolute atomic E-state index is 0.213. The highest BCUT2D eigenvalue weighted by Crippen LogP contribution is 2.30. The molecular formula is C24H23FN4O3S. The summed E-state index contributed by atoms with van der Waals surface area (Å²) in [5.74, 6) is 0.653. The molecule has 0 bridgehead atoms. The number of carbonyl (C=O) groups excluding carboxylic acids is 1. The van der Waals surface area contributed by atoms with Gasteiger partial charge in [0.1, 0.15) is 5.82 Å². The fourth-order valence-corrected chi connectivity index (χ4v) is 4.37. The SMILES string of the molecule is COc1ccc(/C=C/C(=O)N(CCCn2ccnc2)c2nc3ccc(F)cc3s2)cc1OC. The van der Waals surface area contributed by atoms with Crippen molar-refractivity contribution in [3.8, 4) is 11.5 Å². The molecule has 0 saturated heterocycles. The maximum Gasteiger partial charge on any atom is 0.252 e. The first-order valence-corrected chi connectivity index (χ1v) is 11.1. The van der Waals surface area contributed by atoms with Gasteiger partial charge in [-0.15, -0.1) is 0 Å². The lowest BCUT2D eigenvalue weighted by molar-refractivity contribution is -0.114. The van der Waals surface area contributed by atoms with Gasteiger partial charge in [0.15, 0.2) is 16.6 Å². The Morgan fingerprint density at radius 2 is 2.03 bits per heavy atom. The summed E-state index contributed by atoms with van der Waals surface area (Å²) in [6.07, 6.45) is 9.27. The van der Waals surface area contributed by atoms with E-state index in [0.717, 1.165) is 5.56 Å². The predicted octanol–water partition coefficient (Wildman–Crippen LogP) is 4.79. The molecule has 2 aromatic carbocycles. The molecule has 0 atom stereocenters. The third-order valence-corrected chi connectivity index (χ3v) is 6.06. The van der Waals surface area contributed by atoms with E-state index in [1.54, 1.807) is 55.9 Å². The molecule has 2 heterocycles. The fraction of sp³-hybridized carbons (Fsp3) is 0.208. The fourth-order valence-electron chi connectivity index (χ4n) is 3.35. The maximum absolute atomic E-state index is 13.6. The molecule has 1 amide bonds. The predicted molar refractivity (Wildman–Crippen MR) is 127 cm³/mol. The lowest BCUT2D eigenvalue weighted by Gasteiger charge is -2.18. The van der Waals surface area contributed by atoms with Crippen LogP contribution in [-0.4, -0.2) is 41.2 Å². The number of methoxy groups -OCH3 is 2. The van der Waals surface area contributed by atoms with Crippen LogP contribution in [0.3, 0.4) is 0 Å². The van der Waals surface area contributed by atoms with E-state index in [9.17, 15) is 9.18 Å². The Bertz CT molecular complexity index is 1270. The van der Waals surface area contributed by atoms with Gasteiger partial charge >= 0.3 is 0 Å². The van der Waals surface area contributed by atoms with Crippen molar-refractivity contribution in [1.82, 2.24) is 14.5 Å². The molecule has 0 N–H and O–H groups in total. The van der Waals surface area contributed by atoms with E-state index in [1.807, 2.05) is 16.8 Å². The van der Waals surface area contributed by atoms with Gasteiger partial charge in [-0.3, -0.25) is 9.69 Å². The highest BCUT2D eigenvalue weighted by Gasteiger charge is 2.18. The maximum atomic E-state index is 13.6. The van der Waals surface area contributed by atoms with Crippen molar-refractivity contribution in [2.75, 3.05) is 25.7 Å². The van der Waals surface area contributed by atoms with Crippen LogP contribution in [0.5, 0.6) is 11.5 Å². The van der Waals surface area contributed by atoms with E-state index < -0.39 is 0 Å². The second kappa shape index (κ2) is 10.3. The highest BCUT2D eigenvalue weighted by molar-refractivity contribution is 7.22. The van der Waals surface area contributed by atoms with Crippen LogP contribution < -0.4 is 14.4 Å². The van der Waals surface area contributed by atoms with E-state index in [0.29, 0.717) is 46.4 Å². The molecule has 0 aliphatic rings. The van der Waals surface area contributed by atoms with Crippen LogP contribution in [0.15, 0.2) is 61.2 Å². The average molecular weight is 467 g/mol. The summed E-state index contributed by atoms with van der Waals surface area (Å²) in [6, 6.07) is 9.85. The monoisotopic (exact) mass is 466 g/mol. The molecule has 0 aliphatic carbocycles. The Labute approximate surface area is 194 Å². The number of halogens is 1. The minimum Gasteiger partial charge on any atom is -0.493 e. The third-order valence-electron chi connectivity index (χ3n) is 5.02. The van der Waals surface area contributed by atoms with E-state index in [4.69, 9.17) is 9.47 Å². The molecule has 0 saturated carbocycles. The number of thiazole rings is 1. The van der Waals surface area contributed by atoms with E-state index in [-0.39, 0.29) is 11.7 Å². The molecule has 4 aromatic rings. The number of amides is 1. The summed E-state index contributed by atoms with van der Waals surface area (Å²) in [5, 5.41) is 0.531. The number of benzene rings is 2. The molecule has 0 spiro atoms. The molecule has 0 radical (unpaired) electrons. The number of imidazole rings is 1. The van der Waals surface area contributed by atoms with Crippen LogP contribution in [0.25, 0.3) is 16.3 Å². The summed E-state index contributed by atoms with van der Waals surface area (Å²) in [7, 11) is 3.14. The number of hydrogen-bond donors (Lipinski definition) is 0. The molecule has 7 nitrogen and oxygen atoms in total. The van der Waals surface area contributed by atoms with Gasteiger partial charge in [-0.05, 0) is 48.4 Å². The number of aryl methyl sites for hydroxylation is 1. The Hall–Kier alpha value is -3.72. The summed E-state index contributed by atoms with van der Waals surface area (Å²) >= 11 is 1.29. The number of hydrogen-bond acceptors (Lipinski definition) is 6. The summed E-state index contributed by atoms with van der Waals surface area (Å²) in [6.45, 7) is 1.16. The summed E-state index contributed by atoms with van der Waals surface area (Å²) < 4.78 is 26.9. The summed E-state index contributed by atoms with van der Waals surface area (Å²) in [5.41, 5.74) is 1.46. The van der Waals surface area contributed by atoms with Crippen LogP contribution in [-0.2, 0) is 11.3 Å². The minimum atomic E-state index is -0.330. The zero-order valence-electron chi connectivity index (χ0n) is 18.3. The topological polar surface area (TPSA) is 69.5 Å². The van der Waals surface area contributed by atoms with Crippen LogP contribution in [0.2, 0.25) is 0 Å². The van der Waals surface area contributed by atoms with Gasteiger partial charge in [-0.1, -0.05) is 17.4 Å². The van der Waals surface area contributed by atoms with Gasteiger partial charge in [0, 0.05) is 31.6 Å². The Morgan fingerprint density at radius 1 is 1.18 bits per heavy atom. The van der Waals surface area contributed by atoms with Crippen molar-refractivity contribution in [2.45, 2.75) is 13.0 Å². The Balaban J connectivity index is 1.57. The molecule has 0 aliphatic heterocycles. The number of anilines is 1. The van der Waals surface area contributed by atoms with Crippen LogP contribution in [0.1, 0.15) is 12.0 Å². The van der Waals surface area contributed by atoms with Gasteiger partial charge in [0.2, 0.25) is 0 Å². The molecule has 33 heavy (non-hydrogen) atoms. The van der Waals surface area contributed by atoms with Gasteiger partial charge in [0.05, 0.1) is 30.8 Å². The molecular weight excluding hydrogens is 443 g/mol. The summed E-state index contributed by atoms with van der Waals surface area (Å²) in [4.78, 5) is 23.4. The molecule has 0 fully saturated rings. The molecule has 9 heteroatoms. The van der Waals surface area contributed by atoms with Crippen LogP contribution >= 0.6 is 11.3 Å². The number of carbonyl (C=O) groups is 1. The van der Waals surface area contributed by atoms with Crippen LogP contribution in [0.4, 0.5) is 9.52 Å². The number of ether oxygens (including phenoxy) is 2. The zero-order chi connectivity index (χ0) is 23.2. The van der Waals surface area contributed by atoms with Crippen molar-refractivity contribution in [3.05, 3.63) is 72.6 Å². The zero-order valence-corrected chi connectivity index (χ0v) is 19.1. The normalized spacial score (nSPS) is 11.2. The van der Waals surface area contributed by atoms with Crippen molar-refractivity contribution in [2.24, 2.45) is 0 Å².